The molecule has 5 heteroatoms. The largest absolute Gasteiger partial charge is 0.492 e. The topological polar surface area (TPSA) is 57.2 Å². The van der Waals surface area contributed by atoms with E-state index >= 15 is 0 Å². The molecule has 3 rings (SSSR count). The molecule has 0 saturated carbocycles. The number of nitrogen functional groups attached to an aromatic ring is 1. The highest BCUT2D eigenvalue weighted by Crippen LogP contribution is 2.21. The molecule has 1 heterocycles. The summed E-state index contributed by atoms with van der Waals surface area (Å²) in [7, 11) is 0. The lowest BCUT2D eigenvalue weighted by Gasteiger charge is -2.10. The number of hydrogen-bond donors (Lipinski definition) is 1. The van der Waals surface area contributed by atoms with Gasteiger partial charge in [0, 0.05) is 11.1 Å². The van der Waals surface area contributed by atoms with Gasteiger partial charge in [-0.1, -0.05) is 35.6 Å². The number of rotatable bonds is 5. The molecule has 2 aromatic carbocycles. The number of aryl methyl sites for hydroxylation is 1. The van der Waals surface area contributed by atoms with Crippen molar-refractivity contribution in [2.75, 3.05) is 12.3 Å². The molecule has 0 aliphatic carbocycles. The minimum atomic E-state index is 0.0182. The van der Waals surface area contributed by atoms with E-state index in [4.69, 9.17) is 10.5 Å². The van der Waals surface area contributed by atoms with Crippen LogP contribution in [0.3, 0.4) is 0 Å². The van der Waals surface area contributed by atoms with Crippen LogP contribution in [0.2, 0.25) is 0 Å². The molecular formula is C18H18N2O2S. The fraction of sp³-hybridized carbons (Fsp3) is 0.167. The zero-order chi connectivity index (χ0) is 16.2. The summed E-state index contributed by atoms with van der Waals surface area (Å²) in [6.07, 6.45) is 0. The fourth-order valence-corrected chi connectivity index (χ4v) is 3.17. The molecule has 23 heavy (non-hydrogen) atoms. The van der Waals surface area contributed by atoms with Crippen LogP contribution in [0.4, 0.5) is 5.69 Å². The smallest absolute Gasteiger partial charge is 0.307 e. The first-order valence-electron chi connectivity index (χ1n) is 7.37. The third-order valence-corrected chi connectivity index (χ3v) is 4.33. The molecule has 1 aromatic heterocycles. The van der Waals surface area contributed by atoms with E-state index in [0.717, 1.165) is 22.6 Å². The molecule has 0 aliphatic rings. The molecule has 0 saturated heterocycles. The molecule has 0 aliphatic heterocycles. The average Bonchev–Trinajstić information content (AvgIpc) is 2.90. The Balaban J connectivity index is 1.74. The lowest BCUT2D eigenvalue weighted by molar-refractivity contribution is 0.298. The number of hydrogen-bond acceptors (Lipinski definition) is 4. The van der Waals surface area contributed by atoms with E-state index in [2.05, 4.69) is 0 Å². The third-order valence-electron chi connectivity index (χ3n) is 3.56. The van der Waals surface area contributed by atoms with Gasteiger partial charge in [0.25, 0.3) is 0 Å². The Hall–Kier alpha value is -2.53. The zero-order valence-corrected chi connectivity index (χ0v) is 13.7. The van der Waals surface area contributed by atoms with E-state index in [9.17, 15) is 4.79 Å². The molecule has 4 nitrogen and oxygen atoms in total. The van der Waals surface area contributed by atoms with E-state index in [1.54, 1.807) is 4.57 Å². The molecule has 0 radical (unpaired) electrons. The second kappa shape index (κ2) is 6.71. The zero-order valence-electron chi connectivity index (χ0n) is 12.9. The second-order valence-corrected chi connectivity index (χ2v) is 6.15. The van der Waals surface area contributed by atoms with Crippen LogP contribution < -0.4 is 15.3 Å². The molecule has 118 valence electrons. The molecule has 3 aromatic rings. The molecule has 0 bridgehead atoms. The van der Waals surface area contributed by atoms with E-state index < -0.39 is 0 Å². The van der Waals surface area contributed by atoms with Crippen molar-refractivity contribution >= 4 is 17.0 Å². The minimum absolute atomic E-state index is 0.0182. The predicted molar refractivity (Wildman–Crippen MR) is 95.1 cm³/mol. The van der Waals surface area contributed by atoms with Crippen molar-refractivity contribution < 1.29 is 4.74 Å². The first-order valence-corrected chi connectivity index (χ1v) is 8.25. The Labute approximate surface area is 138 Å². The standard InChI is InChI=1S/C18H18N2O2S/c1-13-3-2-4-16(11-13)22-10-9-20-17(12-23-18(20)21)14-5-7-15(19)8-6-14/h2-8,11-12H,9-10,19H2,1H3. The van der Waals surface area contributed by atoms with Crippen LogP contribution in [-0.4, -0.2) is 11.2 Å². The highest BCUT2D eigenvalue weighted by molar-refractivity contribution is 7.07. The maximum atomic E-state index is 12.1. The number of ether oxygens (including phenoxy) is 1. The van der Waals surface area contributed by atoms with Crippen molar-refractivity contribution in [1.29, 1.82) is 0 Å². The van der Waals surface area contributed by atoms with Crippen molar-refractivity contribution in [3.63, 3.8) is 0 Å². The van der Waals surface area contributed by atoms with Gasteiger partial charge in [-0.05, 0) is 42.3 Å². The van der Waals surface area contributed by atoms with Gasteiger partial charge in [-0.25, -0.2) is 0 Å². The number of nitrogens with two attached hydrogens (primary N) is 1. The number of nitrogens with zero attached hydrogens (tertiary/aromatic N) is 1. The SMILES string of the molecule is Cc1cccc(OCCn2c(-c3ccc(N)cc3)csc2=O)c1. The monoisotopic (exact) mass is 326 g/mol. The summed E-state index contributed by atoms with van der Waals surface area (Å²) in [5.74, 6) is 0.822. The Morgan fingerprint density at radius 1 is 1.17 bits per heavy atom. The minimum Gasteiger partial charge on any atom is -0.492 e. The van der Waals surface area contributed by atoms with Crippen LogP contribution in [0.15, 0.2) is 58.7 Å². The van der Waals surface area contributed by atoms with E-state index in [1.165, 1.54) is 11.3 Å². The van der Waals surface area contributed by atoms with Gasteiger partial charge in [-0.2, -0.15) is 0 Å². The van der Waals surface area contributed by atoms with Crippen LogP contribution in [0.5, 0.6) is 5.75 Å². The lowest BCUT2D eigenvalue weighted by Crippen LogP contribution is -2.18. The van der Waals surface area contributed by atoms with Gasteiger partial charge in [0.05, 0.1) is 12.2 Å². The normalized spacial score (nSPS) is 10.7. The van der Waals surface area contributed by atoms with Crippen LogP contribution >= 0.6 is 11.3 Å². The number of aromatic nitrogens is 1. The van der Waals surface area contributed by atoms with E-state index in [0.29, 0.717) is 18.8 Å². The van der Waals surface area contributed by atoms with E-state index in [1.807, 2.05) is 60.8 Å². The van der Waals surface area contributed by atoms with Crippen LogP contribution in [0.1, 0.15) is 5.56 Å². The molecule has 0 unspecified atom stereocenters. The van der Waals surface area contributed by atoms with Crippen molar-refractivity contribution in [2.24, 2.45) is 0 Å². The van der Waals surface area contributed by atoms with Gasteiger partial charge in [0.15, 0.2) is 0 Å². The quantitative estimate of drug-likeness (QED) is 0.730. The van der Waals surface area contributed by atoms with Crippen LogP contribution in [-0.2, 0) is 6.54 Å². The first-order chi connectivity index (χ1) is 11.1. The van der Waals surface area contributed by atoms with E-state index in [-0.39, 0.29) is 4.87 Å². The predicted octanol–water partition coefficient (Wildman–Crippen LogP) is 3.55. The first kappa shape index (κ1) is 15.4. The molecule has 0 atom stereocenters. The lowest BCUT2D eigenvalue weighted by atomic mass is 10.1. The average molecular weight is 326 g/mol. The number of anilines is 1. The number of benzene rings is 2. The summed E-state index contributed by atoms with van der Waals surface area (Å²) >= 11 is 1.20. The van der Waals surface area contributed by atoms with Crippen molar-refractivity contribution in [1.82, 2.24) is 4.57 Å². The fourth-order valence-electron chi connectivity index (χ4n) is 2.38. The molecule has 2 N–H and O–H groups in total. The maximum absolute atomic E-state index is 12.1. The Bertz CT molecular complexity index is 850. The molecule has 0 amide bonds. The van der Waals surface area contributed by atoms with Gasteiger partial charge in [0.1, 0.15) is 12.4 Å². The van der Waals surface area contributed by atoms with Crippen molar-refractivity contribution in [2.45, 2.75) is 13.5 Å². The maximum Gasteiger partial charge on any atom is 0.307 e. The van der Waals surface area contributed by atoms with Crippen LogP contribution in [0.25, 0.3) is 11.3 Å². The Morgan fingerprint density at radius 3 is 2.70 bits per heavy atom. The van der Waals surface area contributed by atoms with Gasteiger partial charge < -0.3 is 10.5 Å². The van der Waals surface area contributed by atoms with Gasteiger partial charge in [-0.3, -0.25) is 9.36 Å². The van der Waals surface area contributed by atoms with Crippen molar-refractivity contribution in [3.05, 3.63) is 69.1 Å². The third kappa shape index (κ3) is 3.63. The summed E-state index contributed by atoms with van der Waals surface area (Å²) in [6.45, 7) is 2.98. The highest BCUT2D eigenvalue weighted by atomic mass is 32.1. The van der Waals surface area contributed by atoms with Gasteiger partial charge in [-0.15, -0.1) is 0 Å². The molecule has 0 spiro atoms. The summed E-state index contributed by atoms with van der Waals surface area (Å²) in [6, 6.07) is 15.4. The summed E-state index contributed by atoms with van der Waals surface area (Å²) in [5, 5.41) is 1.88. The second-order valence-electron chi connectivity index (χ2n) is 5.33. The highest BCUT2D eigenvalue weighted by Gasteiger charge is 2.09. The molecule has 0 fully saturated rings. The molecular weight excluding hydrogens is 308 g/mol. The number of thiazole rings is 1. The van der Waals surface area contributed by atoms with Crippen molar-refractivity contribution in [3.8, 4) is 17.0 Å². The Kier molecular flexibility index (Phi) is 4.48. The van der Waals surface area contributed by atoms with Crippen LogP contribution in [0, 0.1) is 6.92 Å². The summed E-state index contributed by atoms with van der Waals surface area (Å²) in [5.41, 5.74) is 9.45. The summed E-state index contributed by atoms with van der Waals surface area (Å²) < 4.78 is 7.49. The van der Waals surface area contributed by atoms with Gasteiger partial charge in [0.2, 0.25) is 0 Å². The Morgan fingerprint density at radius 2 is 1.96 bits per heavy atom. The van der Waals surface area contributed by atoms with Gasteiger partial charge >= 0.3 is 4.87 Å². The summed E-state index contributed by atoms with van der Waals surface area (Å²) in [4.78, 5) is 12.1.